The SMILES string of the molecule is C=C(C(=O)CC)[C@H](NS(=O)(=O)CC[Si](C)(C)C)c1ccccc1. The quantitative estimate of drug-likeness (QED) is 0.546. The molecule has 1 aromatic carbocycles. The van der Waals surface area contributed by atoms with Crippen molar-refractivity contribution in [3.05, 3.63) is 48.0 Å². The number of Topliss-reactive ketones (excluding diaryl/α,β-unsaturated/α-hetero) is 1. The van der Waals surface area contributed by atoms with Gasteiger partial charge in [0.2, 0.25) is 10.0 Å². The van der Waals surface area contributed by atoms with E-state index in [0.29, 0.717) is 12.5 Å². The molecule has 0 unspecified atom stereocenters. The average Bonchev–Trinajstić information content (AvgIpc) is 2.49. The maximum absolute atomic E-state index is 12.4. The fourth-order valence-corrected chi connectivity index (χ4v) is 6.33. The summed E-state index contributed by atoms with van der Waals surface area (Å²) in [6, 6.07) is 9.09. The van der Waals surface area contributed by atoms with Crippen LogP contribution >= 0.6 is 0 Å². The van der Waals surface area contributed by atoms with Crippen molar-refractivity contribution in [2.45, 2.75) is 45.1 Å². The number of ketones is 1. The van der Waals surface area contributed by atoms with Crippen LogP contribution in [0.3, 0.4) is 0 Å². The zero-order valence-corrected chi connectivity index (χ0v) is 16.2. The van der Waals surface area contributed by atoms with Gasteiger partial charge >= 0.3 is 0 Å². The highest BCUT2D eigenvalue weighted by Crippen LogP contribution is 2.23. The molecule has 1 rings (SSSR count). The van der Waals surface area contributed by atoms with E-state index >= 15 is 0 Å². The Morgan fingerprint density at radius 3 is 2.26 bits per heavy atom. The van der Waals surface area contributed by atoms with Crippen molar-refractivity contribution in [2.75, 3.05) is 5.75 Å². The van der Waals surface area contributed by atoms with Crippen LogP contribution in [0, 0.1) is 0 Å². The molecule has 0 aliphatic carbocycles. The van der Waals surface area contributed by atoms with E-state index in [4.69, 9.17) is 0 Å². The monoisotopic (exact) mass is 353 g/mol. The molecular weight excluding hydrogens is 326 g/mol. The summed E-state index contributed by atoms with van der Waals surface area (Å²) in [7, 11) is -4.94. The third-order valence-corrected chi connectivity index (χ3v) is 7.03. The highest BCUT2D eigenvalue weighted by Gasteiger charge is 2.26. The molecule has 0 fully saturated rings. The second kappa shape index (κ2) is 8.03. The number of hydrogen-bond donors (Lipinski definition) is 1. The Morgan fingerprint density at radius 1 is 1.22 bits per heavy atom. The van der Waals surface area contributed by atoms with E-state index in [1.807, 2.05) is 18.2 Å². The molecule has 6 heteroatoms. The van der Waals surface area contributed by atoms with Gasteiger partial charge in [-0.1, -0.05) is 63.5 Å². The molecule has 0 amide bonds. The van der Waals surface area contributed by atoms with Crippen molar-refractivity contribution in [1.82, 2.24) is 4.72 Å². The van der Waals surface area contributed by atoms with Gasteiger partial charge in [0, 0.05) is 20.1 Å². The van der Waals surface area contributed by atoms with Crippen molar-refractivity contribution in [2.24, 2.45) is 0 Å². The zero-order valence-electron chi connectivity index (χ0n) is 14.4. The molecule has 0 aliphatic rings. The van der Waals surface area contributed by atoms with E-state index in [-0.39, 0.29) is 17.1 Å². The van der Waals surface area contributed by atoms with E-state index in [2.05, 4.69) is 30.9 Å². The predicted octanol–water partition coefficient (Wildman–Crippen LogP) is 3.52. The van der Waals surface area contributed by atoms with Crippen molar-refractivity contribution in [1.29, 1.82) is 0 Å². The summed E-state index contributed by atoms with van der Waals surface area (Å²) in [5.74, 6) is -0.0497. The molecule has 0 aromatic heterocycles. The molecular formula is C17H27NO3SSi. The number of nitrogens with one attached hydrogen (secondary N) is 1. The molecule has 0 saturated carbocycles. The minimum absolute atomic E-state index is 0.0830. The van der Waals surface area contributed by atoms with Crippen molar-refractivity contribution in [3.8, 4) is 0 Å². The van der Waals surface area contributed by atoms with Gasteiger partial charge in [0.1, 0.15) is 0 Å². The standard InChI is InChI=1S/C17H27NO3SSi/c1-6-16(19)14(2)17(15-10-8-7-9-11-15)18-22(20,21)12-13-23(3,4)5/h7-11,17-18H,2,6,12-13H2,1,3-5H3/t17-/m0/s1. The molecule has 0 aliphatic heterocycles. The third kappa shape index (κ3) is 6.81. The van der Waals surface area contributed by atoms with Crippen LogP contribution < -0.4 is 4.72 Å². The number of sulfonamides is 1. The van der Waals surface area contributed by atoms with Crippen molar-refractivity contribution in [3.63, 3.8) is 0 Å². The number of hydrogen-bond acceptors (Lipinski definition) is 3. The van der Waals surface area contributed by atoms with E-state index in [1.54, 1.807) is 19.1 Å². The van der Waals surface area contributed by atoms with Crippen LogP contribution in [0.4, 0.5) is 0 Å². The van der Waals surface area contributed by atoms with E-state index in [9.17, 15) is 13.2 Å². The second-order valence-corrected chi connectivity index (χ2v) is 14.4. The minimum atomic E-state index is -3.48. The fourth-order valence-electron chi connectivity index (χ4n) is 2.05. The van der Waals surface area contributed by atoms with E-state index in [1.165, 1.54) is 0 Å². The molecule has 0 bridgehead atoms. The lowest BCUT2D eigenvalue weighted by Crippen LogP contribution is -2.35. The fraction of sp³-hybridized carbons (Fsp3) is 0.471. The summed E-state index contributed by atoms with van der Waals surface area (Å²) in [4.78, 5) is 12.0. The summed E-state index contributed by atoms with van der Waals surface area (Å²) < 4.78 is 27.5. The van der Waals surface area contributed by atoms with Crippen molar-refractivity contribution < 1.29 is 13.2 Å². The first-order chi connectivity index (χ1) is 10.6. The first-order valence-corrected chi connectivity index (χ1v) is 13.2. The smallest absolute Gasteiger partial charge is 0.212 e. The second-order valence-electron chi connectivity index (χ2n) is 6.89. The topological polar surface area (TPSA) is 63.2 Å². The number of benzene rings is 1. The third-order valence-electron chi connectivity index (χ3n) is 3.58. The highest BCUT2D eigenvalue weighted by atomic mass is 32.2. The zero-order chi connectivity index (χ0) is 17.7. The van der Waals surface area contributed by atoms with Crippen LogP contribution in [0.25, 0.3) is 0 Å². The Labute approximate surface area is 141 Å². The predicted molar refractivity (Wildman–Crippen MR) is 98.7 cm³/mol. The Hall–Kier alpha value is -1.24. The summed E-state index contributed by atoms with van der Waals surface area (Å²) >= 11 is 0. The summed E-state index contributed by atoms with van der Waals surface area (Å²) in [6.45, 7) is 12.0. The summed E-state index contributed by atoms with van der Waals surface area (Å²) in [5, 5.41) is 0. The summed E-state index contributed by atoms with van der Waals surface area (Å²) in [5.41, 5.74) is 1.02. The molecule has 0 radical (unpaired) electrons. The van der Waals surface area contributed by atoms with Gasteiger partial charge in [0.15, 0.2) is 5.78 Å². The van der Waals surface area contributed by atoms with Gasteiger partial charge in [0.25, 0.3) is 0 Å². The van der Waals surface area contributed by atoms with Crippen LogP contribution in [0.1, 0.15) is 24.9 Å². The van der Waals surface area contributed by atoms with Crippen LogP contribution in [0.15, 0.2) is 42.5 Å². The van der Waals surface area contributed by atoms with E-state index < -0.39 is 24.1 Å². The highest BCUT2D eigenvalue weighted by molar-refractivity contribution is 7.89. The van der Waals surface area contributed by atoms with Crippen molar-refractivity contribution >= 4 is 23.9 Å². The number of carbonyl (C=O) groups excluding carboxylic acids is 1. The lowest BCUT2D eigenvalue weighted by atomic mass is 9.97. The first kappa shape index (κ1) is 19.8. The molecule has 1 N–H and O–H groups in total. The largest absolute Gasteiger partial charge is 0.295 e. The first-order valence-electron chi connectivity index (χ1n) is 7.82. The molecule has 23 heavy (non-hydrogen) atoms. The molecule has 0 spiro atoms. The van der Waals surface area contributed by atoms with Crippen LogP contribution in [-0.2, 0) is 14.8 Å². The summed E-state index contributed by atoms with van der Waals surface area (Å²) in [6.07, 6.45) is 0.304. The van der Waals surface area contributed by atoms with Gasteiger partial charge in [-0.25, -0.2) is 13.1 Å². The molecule has 1 aromatic rings. The van der Waals surface area contributed by atoms with Gasteiger partial charge in [-0.05, 0) is 11.6 Å². The Bertz CT molecular complexity index is 648. The van der Waals surface area contributed by atoms with Gasteiger partial charge < -0.3 is 0 Å². The van der Waals surface area contributed by atoms with Crippen LogP contribution in [0.2, 0.25) is 25.7 Å². The number of carbonyl (C=O) groups is 1. The molecule has 128 valence electrons. The maximum atomic E-state index is 12.4. The van der Waals surface area contributed by atoms with Gasteiger partial charge in [-0.15, -0.1) is 0 Å². The number of rotatable bonds is 9. The van der Waals surface area contributed by atoms with Gasteiger partial charge in [-0.2, -0.15) is 0 Å². The maximum Gasteiger partial charge on any atom is 0.212 e. The van der Waals surface area contributed by atoms with Gasteiger partial charge in [0.05, 0.1) is 11.8 Å². The Morgan fingerprint density at radius 2 is 1.78 bits per heavy atom. The Balaban J connectivity index is 3.02. The molecule has 0 heterocycles. The van der Waals surface area contributed by atoms with Crippen LogP contribution in [-0.4, -0.2) is 28.0 Å². The minimum Gasteiger partial charge on any atom is -0.295 e. The van der Waals surface area contributed by atoms with Crippen LogP contribution in [0.5, 0.6) is 0 Å². The lowest BCUT2D eigenvalue weighted by Gasteiger charge is -2.22. The van der Waals surface area contributed by atoms with E-state index in [0.717, 1.165) is 5.56 Å². The normalized spacial score (nSPS) is 13.6. The lowest BCUT2D eigenvalue weighted by molar-refractivity contribution is -0.115. The molecule has 1 atom stereocenters. The molecule has 0 saturated heterocycles. The average molecular weight is 354 g/mol. The Kier molecular flexibility index (Phi) is 6.92. The molecule has 4 nitrogen and oxygen atoms in total. The van der Waals surface area contributed by atoms with Gasteiger partial charge in [-0.3, -0.25) is 4.79 Å².